The third-order valence-corrected chi connectivity index (χ3v) is 6.07. The minimum absolute atomic E-state index is 0.150. The Morgan fingerprint density at radius 1 is 0.810 bits per heavy atom. The van der Waals surface area contributed by atoms with Gasteiger partial charge in [0.25, 0.3) is 0 Å². The van der Waals surface area contributed by atoms with E-state index in [0.717, 1.165) is 27.7 Å². The van der Waals surface area contributed by atoms with Crippen molar-refractivity contribution in [3.63, 3.8) is 0 Å². The average molecular weight is 585 g/mol. The van der Waals surface area contributed by atoms with Crippen LogP contribution in [0.4, 0.5) is 0 Å². The normalized spacial score (nSPS) is 21.7. The number of fused-ring (bicyclic) bond motifs is 1. The molecule has 4 rings (SSSR count). The quantitative estimate of drug-likeness (QED) is 0.302. The van der Waals surface area contributed by atoms with E-state index in [-0.39, 0.29) is 16.9 Å². The first-order chi connectivity index (χ1) is 19.9. The van der Waals surface area contributed by atoms with Crippen LogP contribution >= 0.6 is 0 Å². The summed E-state index contributed by atoms with van der Waals surface area (Å²) in [5.41, 5.74) is 0.436. The number of hydrogen-bond donors (Lipinski definition) is 1. The molecule has 2 aromatic carbocycles. The average Bonchev–Trinajstić information content (AvgIpc) is 2.91. The van der Waals surface area contributed by atoms with Gasteiger partial charge in [0.15, 0.2) is 29.1 Å². The molecule has 1 aliphatic rings. The van der Waals surface area contributed by atoms with Crippen LogP contribution in [0.1, 0.15) is 27.7 Å². The van der Waals surface area contributed by atoms with Gasteiger partial charge in [-0.15, -0.1) is 0 Å². The van der Waals surface area contributed by atoms with E-state index in [4.69, 9.17) is 32.8 Å². The number of phenolic OH excluding ortho intramolecular Hbond substituents is 1. The predicted molar refractivity (Wildman–Crippen MR) is 142 cm³/mol. The van der Waals surface area contributed by atoms with E-state index in [1.54, 1.807) is 24.3 Å². The van der Waals surface area contributed by atoms with Crippen molar-refractivity contribution >= 4 is 34.8 Å². The van der Waals surface area contributed by atoms with Crippen LogP contribution in [0.25, 0.3) is 22.3 Å². The van der Waals surface area contributed by atoms with Crippen molar-refractivity contribution in [1.82, 2.24) is 0 Å². The fourth-order valence-electron chi connectivity index (χ4n) is 4.43. The van der Waals surface area contributed by atoms with Gasteiger partial charge < -0.3 is 37.9 Å². The highest BCUT2D eigenvalue weighted by molar-refractivity contribution is 5.78. The van der Waals surface area contributed by atoms with E-state index in [1.807, 2.05) is 0 Å². The number of ether oxygens (including phenoxy) is 6. The van der Waals surface area contributed by atoms with Crippen molar-refractivity contribution in [3.8, 4) is 22.8 Å². The summed E-state index contributed by atoms with van der Waals surface area (Å²) in [6.45, 7) is 4.01. The highest BCUT2D eigenvalue weighted by Crippen LogP contribution is 2.36. The van der Waals surface area contributed by atoms with Crippen LogP contribution in [0.3, 0.4) is 0 Å². The first kappa shape index (κ1) is 30.1. The van der Waals surface area contributed by atoms with E-state index in [9.17, 15) is 29.1 Å². The lowest BCUT2D eigenvalue weighted by Gasteiger charge is -2.43. The summed E-state index contributed by atoms with van der Waals surface area (Å²) in [7, 11) is 0. The second kappa shape index (κ2) is 12.7. The lowest BCUT2D eigenvalue weighted by Crippen LogP contribution is -2.63. The van der Waals surface area contributed by atoms with Gasteiger partial charge in [0.1, 0.15) is 24.1 Å². The van der Waals surface area contributed by atoms with Crippen LogP contribution < -0.4 is 10.2 Å². The zero-order chi connectivity index (χ0) is 30.6. The lowest BCUT2D eigenvalue weighted by molar-refractivity contribution is -0.288. The molecule has 42 heavy (non-hydrogen) atoms. The van der Waals surface area contributed by atoms with Crippen LogP contribution in [-0.4, -0.2) is 66.3 Å². The fourth-order valence-corrected chi connectivity index (χ4v) is 4.43. The molecular weight excluding hydrogens is 556 g/mol. The van der Waals surface area contributed by atoms with E-state index in [2.05, 4.69) is 0 Å². The second-order valence-corrected chi connectivity index (χ2v) is 9.34. The maximum Gasteiger partial charge on any atom is 0.303 e. The Kier molecular flexibility index (Phi) is 9.11. The SMILES string of the molecule is CC(=O)OCC1O[C@@H](Oc2ccc(-c3cc(=O)c4ccccc4o3)cc2O)C(OC(C)=O)C(OC(C)=O)[C@@H]1OC(C)=O. The van der Waals surface area contributed by atoms with Crippen molar-refractivity contribution < 1.29 is 57.1 Å². The summed E-state index contributed by atoms with van der Waals surface area (Å²) in [5.74, 6) is -3.42. The molecule has 222 valence electrons. The first-order valence-electron chi connectivity index (χ1n) is 12.8. The number of carbonyl (C=O) groups is 4. The highest BCUT2D eigenvalue weighted by Gasteiger charge is 2.53. The minimum Gasteiger partial charge on any atom is -0.504 e. The van der Waals surface area contributed by atoms with Crippen molar-refractivity contribution in [2.75, 3.05) is 6.61 Å². The maximum atomic E-state index is 12.5. The summed E-state index contributed by atoms with van der Waals surface area (Å²) in [5, 5.41) is 11.2. The maximum absolute atomic E-state index is 12.5. The van der Waals surface area contributed by atoms with Gasteiger partial charge in [-0.1, -0.05) is 12.1 Å². The van der Waals surface area contributed by atoms with Gasteiger partial charge in [0.2, 0.25) is 12.4 Å². The second-order valence-electron chi connectivity index (χ2n) is 9.34. The number of hydrogen-bond acceptors (Lipinski definition) is 13. The topological polar surface area (TPSA) is 174 Å². The summed E-state index contributed by atoms with van der Waals surface area (Å²) in [4.78, 5) is 60.0. The summed E-state index contributed by atoms with van der Waals surface area (Å²) in [6, 6.07) is 12.1. The molecule has 0 saturated carbocycles. The number of esters is 4. The molecule has 5 atom stereocenters. The fraction of sp³-hybridized carbons (Fsp3) is 0.345. The zero-order valence-electron chi connectivity index (χ0n) is 23.1. The highest BCUT2D eigenvalue weighted by atomic mass is 16.7. The Balaban J connectivity index is 1.69. The van der Waals surface area contributed by atoms with Crippen LogP contribution in [0, 0.1) is 0 Å². The van der Waals surface area contributed by atoms with Crippen LogP contribution in [-0.2, 0) is 42.9 Å². The van der Waals surface area contributed by atoms with Crippen LogP contribution in [0.15, 0.2) is 57.7 Å². The number of carbonyl (C=O) groups excluding carboxylic acids is 4. The lowest BCUT2D eigenvalue weighted by atomic mass is 9.98. The van der Waals surface area contributed by atoms with Gasteiger partial charge in [0, 0.05) is 39.3 Å². The standard InChI is InChI=1S/C29H28O13/c1-14(30)36-13-25-26(37-15(2)31)27(38-16(3)32)28(39-17(4)33)29(42-25)41-23-10-9-18(11-21(23)35)24-12-20(34)19-7-5-6-8-22(19)40-24/h5-12,25-29,35H,13H2,1-4H3/t25?,26-,27?,28?,29-/m1/s1. The first-order valence-corrected chi connectivity index (χ1v) is 12.8. The molecule has 3 aromatic rings. The van der Waals surface area contributed by atoms with Crippen molar-refractivity contribution in [2.45, 2.75) is 58.4 Å². The Hall–Kier alpha value is -4.91. The molecular formula is C29H28O13. The van der Waals surface area contributed by atoms with Gasteiger partial charge >= 0.3 is 23.9 Å². The minimum atomic E-state index is -1.54. The summed E-state index contributed by atoms with van der Waals surface area (Å²) < 4.78 is 38.7. The van der Waals surface area contributed by atoms with Crippen molar-refractivity contribution in [3.05, 3.63) is 58.8 Å². The van der Waals surface area contributed by atoms with Crippen molar-refractivity contribution in [1.29, 1.82) is 0 Å². The molecule has 13 nitrogen and oxygen atoms in total. The molecule has 1 aromatic heterocycles. The molecule has 2 heterocycles. The monoisotopic (exact) mass is 584 g/mol. The Morgan fingerprint density at radius 3 is 2.10 bits per heavy atom. The molecule has 0 aliphatic carbocycles. The van der Waals surface area contributed by atoms with Crippen LogP contribution in [0.2, 0.25) is 0 Å². The molecule has 0 bridgehead atoms. The number of aromatic hydroxyl groups is 1. The molecule has 1 N–H and O–H groups in total. The van der Waals surface area contributed by atoms with E-state index >= 15 is 0 Å². The molecule has 0 radical (unpaired) electrons. The summed E-state index contributed by atoms with van der Waals surface area (Å²) >= 11 is 0. The number of rotatable bonds is 8. The number of phenols is 1. The number of para-hydroxylation sites is 1. The number of benzene rings is 2. The van der Waals surface area contributed by atoms with Gasteiger partial charge in [-0.25, -0.2) is 0 Å². The smallest absolute Gasteiger partial charge is 0.303 e. The largest absolute Gasteiger partial charge is 0.504 e. The van der Waals surface area contributed by atoms with Gasteiger partial charge in [-0.05, 0) is 30.3 Å². The van der Waals surface area contributed by atoms with Crippen molar-refractivity contribution in [2.24, 2.45) is 0 Å². The molecule has 1 fully saturated rings. The molecule has 1 saturated heterocycles. The van der Waals surface area contributed by atoms with Crippen LogP contribution in [0.5, 0.6) is 11.5 Å². The Labute approximate surface area is 238 Å². The van der Waals surface area contributed by atoms with E-state index in [1.165, 1.54) is 24.3 Å². The molecule has 0 amide bonds. The molecule has 0 spiro atoms. The molecule has 3 unspecified atom stereocenters. The third-order valence-electron chi connectivity index (χ3n) is 6.07. The Bertz CT molecular complexity index is 1560. The third kappa shape index (κ3) is 7.04. The molecule has 13 heteroatoms. The summed E-state index contributed by atoms with van der Waals surface area (Å²) in [6.07, 6.45) is -7.06. The van der Waals surface area contributed by atoms with E-state index in [0.29, 0.717) is 16.5 Å². The predicted octanol–water partition coefficient (Wildman–Crippen LogP) is 2.63. The Morgan fingerprint density at radius 2 is 1.45 bits per heavy atom. The van der Waals surface area contributed by atoms with Gasteiger partial charge in [-0.2, -0.15) is 0 Å². The van der Waals surface area contributed by atoms with E-state index < -0.39 is 66.9 Å². The zero-order valence-corrected chi connectivity index (χ0v) is 23.1. The van der Waals surface area contributed by atoms with Gasteiger partial charge in [0.05, 0.1) is 5.39 Å². The molecule has 1 aliphatic heterocycles. The van der Waals surface area contributed by atoms with Gasteiger partial charge in [-0.3, -0.25) is 24.0 Å².